The lowest BCUT2D eigenvalue weighted by Crippen LogP contribution is -2.31. The predicted octanol–water partition coefficient (Wildman–Crippen LogP) is 3.35. The van der Waals surface area contributed by atoms with Crippen LogP contribution in [0, 0.1) is 23.7 Å². The highest BCUT2D eigenvalue weighted by atomic mass is 16.5. The Balaban J connectivity index is 1.25. The molecule has 7 nitrogen and oxygen atoms in total. The molecule has 3 aliphatic rings. The van der Waals surface area contributed by atoms with E-state index in [1.165, 1.54) is 4.90 Å². The fourth-order valence-corrected chi connectivity index (χ4v) is 4.99. The van der Waals surface area contributed by atoms with Gasteiger partial charge < -0.3 is 9.64 Å². The van der Waals surface area contributed by atoms with Gasteiger partial charge in [-0.1, -0.05) is 37.3 Å². The molecule has 7 heteroatoms. The second kappa shape index (κ2) is 8.31. The number of amides is 3. The highest BCUT2D eigenvalue weighted by Gasteiger charge is 2.50. The standard InChI is InChI=1S/C26H24N2O5/c1-16-6-5-9-21-23(16)25(31)28(24(21)30)19-10-12-20(13-11-19)33-26(32)17-14-22(29)27(15-17)18-7-3-2-4-8-18/h2-8,10-13,16-17,21,23H,9,14-15H2,1H3/t16-,17+,21+,23-/m1/s1. The van der Waals surface area contributed by atoms with E-state index in [4.69, 9.17) is 4.74 Å². The number of benzene rings is 2. The lowest BCUT2D eigenvalue weighted by atomic mass is 9.78. The SMILES string of the molecule is C[C@@H]1C=CC[C@@H]2C(=O)N(c3ccc(OC(=O)[C@H]4CC(=O)N(c5ccccc5)C4)cc3)C(=O)[C@H]12. The third-order valence-electron chi connectivity index (χ3n) is 6.71. The van der Waals surface area contributed by atoms with Gasteiger partial charge in [0.15, 0.2) is 0 Å². The number of hydrogen-bond donors (Lipinski definition) is 0. The zero-order chi connectivity index (χ0) is 23.1. The summed E-state index contributed by atoms with van der Waals surface area (Å²) in [4.78, 5) is 53.7. The van der Waals surface area contributed by atoms with Gasteiger partial charge in [-0.3, -0.25) is 24.1 Å². The number of allylic oxidation sites excluding steroid dienone is 2. The maximum Gasteiger partial charge on any atom is 0.316 e. The van der Waals surface area contributed by atoms with Crippen LogP contribution in [0.3, 0.4) is 0 Å². The Bertz CT molecular complexity index is 1140. The van der Waals surface area contributed by atoms with Crippen molar-refractivity contribution in [1.29, 1.82) is 0 Å². The van der Waals surface area contributed by atoms with Gasteiger partial charge in [-0.05, 0) is 48.7 Å². The van der Waals surface area contributed by atoms with Gasteiger partial charge in [0, 0.05) is 18.7 Å². The van der Waals surface area contributed by atoms with Crippen LogP contribution < -0.4 is 14.5 Å². The van der Waals surface area contributed by atoms with Gasteiger partial charge in [-0.2, -0.15) is 0 Å². The molecule has 2 heterocycles. The molecule has 5 rings (SSSR count). The molecule has 2 aromatic rings. The summed E-state index contributed by atoms with van der Waals surface area (Å²) in [6, 6.07) is 15.6. The maximum absolute atomic E-state index is 12.9. The van der Waals surface area contributed by atoms with Crippen LogP contribution in [0.25, 0.3) is 0 Å². The van der Waals surface area contributed by atoms with E-state index in [0.717, 1.165) is 5.69 Å². The molecule has 1 aliphatic carbocycles. The Morgan fingerprint density at radius 1 is 0.939 bits per heavy atom. The van der Waals surface area contributed by atoms with Crippen LogP contribution in [0.15, 0.2) is 66.7 Å². The van der Waals surface area contributed by atoms with Crippen LogP contribution in [0.5, 0.6) is 5.75 Å². The fourth-order valence-electron chi connectivity index (χ4n) is 4.99. The molecule has 0 unspecified atom stereocenters. The highest BCUT2D eigenvalue weighted by Crippen LogP contribution is 2.40. The number of imide groups is 1. The average molecular weight is 444 g/mol. The number of carbonyl (C=O) groups is 4. The Morgan fingerprint density at radius 2 is 1.67 bits per heavy atom. The lowest BCUT2D eigenvalue weighted by molar-refractivity contribution is -0.139. The quantitative estimate of drug-likeness (QED) is 0.313. The number of fused-ring (bicyclic) bond motifs is 1. The summed E-state index contributed by atoms with van der Waals surface area (Å²) in [5.74, 6) is -1.83. The molecular weight excluding hydrogens is 420 g/mol. The van der Waals surface area contributed by atoms with Crippen molar-refractivity contribution in [2.45, 2.75) is 19.8 Å². The van der Waals surface area contributed by atoms with Gasteiger partial charge in [0.1, 0.15) is 5.75 Å². The van der Waals surface area contributed by atoms with Gasteiger partial charge >= 0.3 is 5.97 Å². The molecule has 2 saturated heterocycles. The van der Waals surface area contributed by atoms with Crippen LogP contribution in [-0.4, -0.2) is 30.2 Å². The molecule has 0 radical (unpaired) electrons. The topological polar surface area (TPSA) is 84.0 Å². The van der Waals surface area contributed by atoms with Crippen LogP contribution >= 0.6 is 0 Å². The van der Waals surface area contributed by atoms with Gasteiger partial charge in [0.25, 0.3) is 0 Å². The Morgan fingerprint density at radius 3 is 2.36 bits per heavy atom. The minimum Gasteiger partial charge on any atom is -0.426 e. The van der Waals surface area contributed by atoms with Crippen LogP contribution in [0.4, 0.5) is 11.4 Å². The van der Waals surface area contributed by atoms with E-state index in [2.05, 4.69) is 0 Å². The molecule has 0 spiro atoms. The largest absolute Gasteiger partial charge is 0.426 e. The number of para-hydroxylation sites is 1. The number of rotatable bonds is 4. The molecular formula is C26H24N2O5. The average Bonchev–Trinajstić information content (AvgIpc) is 3.33. The molecule has 168 valence electrons. The number of hydrogen-bond acceptors (Lipinski definition) is 5. The molecule has 0 bridgehead atoms. The van der Waals surface area contributed by atoms with Crippen molar-refractivity contribution in [3.05, 3.63) is 66.7 Å². The third kappa shape index (κ3) is 3.73. The molecule has 0 saturated carbocycles. The molecule has 4 atom stereocenters. The monoisotopic (exact) mass is 444 g/mol. The lowest BCUT2D eigenvalue weighted by Gasteiger charge is -2.22. The van der Waals surface area contributed by atoms with Crippen molar-refractivity contribution in [3.8, 4) is 5.75 Å². The van der Waals surface area contributed by atoms with Crippen LogP contribution in [0.2, 0.25) is 0 Å². The van der Waals surface area contributed by atoms with E-state index >= 15 is 0 Å². The van der Waals surface area contributed by atoms with Crippen molar-refractivity contribution in [3.63, 3.8) is 0 Å². The first-order chi connectivity index (χ1) is 15.9. The van der Waals surface area contributed by atoms with Crippen molar-refractivity contribution < 1.29 is 23.9 Å². The molecule has 0 N–H and O–H groups in total. The van der Waals surface area contributed by atoms with Crippen molar-refractivity contribution in [2.75, 3.05) is 16.3 Å². The second-order valence-corrected chi connectivity index (χ2v) is 8.82. The molecule has 33 heavy (non-hydrogen) atoms. The number of carbonyl (C=O) groups excluding carboxylic acids is 4. The van der Waals surface area contributed by atoms with E-state index in [1.807, 2.05) is 49.4 Å². The summed E-state index contributed by atoms with van der Waals surface area (Å²) in [6.45, 7) is 2.22. The van der Waals surface area contributed by atoms with E-state index < -0.39 is 11.9 Å². The maximum atomic E-state index is 12.9. The van der Waals surface area contributed by atoms with Gasteiger partial charge in [0.2, 0.25) is 17.7 Å². The van der Waals surface area contributed by atoms with Crippen LogP contribution in [0.1, 0.15) is 19.8 Å². The summed E-state index contributed by atoms with van der Waals surface area (Å²) < 4.78 is 5.50. The first kappa shape index (κ1) is 21.1. The molecule has 3 amide bonds. The number of anilines is 2. The second-order valence-electron chi connectivity index (χ2n) is 8.82. The summed E-state index contributed by atoms with van der Waals surface area (Å²) in [6.07, 6.45) is 4.63. The van der Waals surface area contributed by atoms with E-state index in [0.29, 0.717) is 17.9 Å². The molecule has 2 aromatic carbocycles. The summed E-state index contributed by atoms with van der Waals surface area (Å²) in [5, 5.41) is 0. The van der Waals surface area contributed by atoms with Crippen molar-refractivity contribution >= 4 is 35.1 Å². The molecule has 0 aromatic heterocycles. The van der Waals surface area contributed by atoms with E-state index in [9.17, 15) is 19.2 Å². The number of nitrogens with zero attached hydrogens (tertiary/aromatic N) is 2. The minimum absolute atomic E-state index is 0.0231. The van der Waals surface area contributed by atoms with E-state index in [-0.39, 0.29) is 48.4 Å². The Hall–Kier alpha value is -3.74. The zero-order valence-electron chi connectivity index (χ0n) is 18.2. The first-order valence-corrected chi connectivity index (χ1v) is 11.2. The fraction of sp³-hybridized carbons (Fsp3) is 0.308. The van der Waals surface area contributed by atoms with Crippen LogP contribution in [-0.2, 0) is 19.2 Å². The first-order valence-electron chi connectivity index (χ1n) is 11.2. The molecule has 2 fully saturated rings. The van der Waals surface area contributed by atoms with Gasteiger partial charge in [-0.15, -0.1) is 0 Å². The summed E-state index contributed by atoms with van der Waals surface area (Å²) >= 11 is 0. The smallest absolute Gasteiger partial charge is 0.316 e. The number of esters is 1. The number of ether oxygens (including phenoxy) is 1. The predicted molar refractivity (Wildman–Crippen MR) is 121 cm³/mol. The highest BCUT2D eigenvalue weighted by molar-refractivity contribution is 6.22. The zero-order valence-corrected chi connectivity index (χ0v) is 18.2. The summed E-state index contributed by atoms with van der Waals surface area (Å²) in [7, 11) is 0. The Labute approximate surface area is 191 Å². The molecule has 2 aliphatic heterocycles. The Kier molecular flexibility index (Phi) is 5.32. The normalized spacial score (nSPS) is 26.6. The van der Waals surface area contributed by atoms with Gasteiger partial charge in [-0.25, -0.2) is 0 Å². The van der Waals surface area contributed by atoms with Crippen molar-refractivity contribution in [2.24, 2.45) is 23.7 Å². The van der Waals surface area contributed by atoms with E-state index in [1.54, 1.807) is 29.2 Å². The third-order valence-corrected chi connectivity index (χ3v) is 6.71. The van der Waals surface area contributed by atoms with Crippen molar-refractivity contribution in [1.82, 2.24) is 0 Å². The van der Waals surface area contributed by atoms with Gasteiger partial charge in [0.05, 0.1) is 23.4 Å². The minimum atomic E-state index is -0.559. The summed E-state index contributed by atoms with van der Waals surface area (Å²) in [5.41, 5.74) is 1.23.